The van der Waals surface area contributed by atoms with E-state index in [0.717, 1.165) is 22.7 Å². The van der Waals surface area contributed by atoms with Gasteiger partial charge in [-0.05, 0) is 42.0 Å². The van der Waals surface area contributed by atoms with E-state index >= 15 is 0 Å². The van der Waals surface area contributed by atoms with Crippen molar-refractivity contribution in [3.05, 3.63) is 54.1 Å². The van der Waals surface area contributed by atoms with Gasteiger partial charge in [-0.15, -0.1) is 0 Å². The average Bonchev–Trinajstić information content (AvgIpc) is 2.55. The molecule has 0 saturated heterocycles. The highest BCUT2D eigenvalue weighted by atomic mass is 32.1. The largest absolute Gasteiger partial charge is 0.497 e. The molecule has 0 aliphatic carbocycles. The van der Waals surface area contributed by atoms with Crippen LogP contribution in [0.5, 0.6) is 11.5 Å². The number of rotatable bonds is 5. The van der Waals surface area contributed by atoms with Crippen molar-refractivity contribution in [3.8, 4) is 11.5 Å². The summed E-state index contributed by atoms with van der Waals surface area (Å²) in [7, 11) is 3.25. The van der Waals surface area contributed by atoms with Gasteiger partial charge in [0.2, 0.25) is 0 Å². The molecule has 5 nitrogen and oxygen atoms in total. The Bertz CT molecular complexity index is 674. The van der Waals surface area contributed by atoms with Crippen molar-refractivity contribution in [1.29, 1.82) is 0 Å². The van der Waals surface area contributed by atoms with Gasteiger partial charge < -0.3 is 14.8 Å². The Morgan fingerprint density at radius 3 is 2.45 bits per heavy atom. The molecule has 0 unspecified atom stereocenters. The van der Waals surface area contributed by atoms with Crippen molar-refractivity contribution < 1.29 is 9.47 Å². The van der Waals surface area contributed by atoms with Gasteiger partial charge in [0.1, 0.15) is 11.5 Å². The molecule has 2 N–H and O–H groups in total. The van der Waals surface area contributed by atoms with Gasteiger partial charge in [0.05, 0.1) is 20.4 Å². The summed E-state index contributed by atoms with van der Waals surface area (Å²) in [5, 5.41) is 7.51. The Hall–Kier alpha value is -2.60. The van der Waals surface area contributed by atoms with Crippen LogP contribution in [-0.4, -0.2) is 25.5 Å². The number of hydrogen-bond acceptors (Lipinski definition) is 4. The number of methoxy groups -OCH3 is 2. The first-order valence-electron chi connectivity index (χ1n) is 6.59. The van der Waals surface area contributed by atoms with Crippen molar-refractivity contribution in [3.63, 3.8) is 0 Å². The number of anilines is 1. The molecule has 0 spiro atoms. The maximum Gasteiger partial charge on any atom is 0.191 e. The first kappa shape index (κ1) is 15.8. The van der Waals surface area contributed by atoms with Crippen LogP contribution >= 0.6 is 12.2 Å². The normalized spacial score (nSPS) is 10.3. The lowest BCUT2D eigenvalue weighted by atomic mass is 10.2. The van der Waals surface area contributed by atoms with E-state index in [1.165, 1.54) is 0 Å². The van der Waals surface area contributed by atoms with E-state index in [2.05, 4.69) is 15.8 Å². The smallest absolute Gasteiger partial charge is 0.191 e. The lowest BCUT2D eigenvalue weighted by Gasteiger charge is -2.08. The molecule has 2 aromatic rings. The molecule has 6 heteroatoms. The molecule has 0 heterocycles. The number of hydrogen-bond donors (Lipinski definition) is 2. The van der Waals surface area contributed by atoms with Gasteiger partial charge in [-0.2, -0.15) is 5.10 Å². The topological polar surface area (TPSA) is 54.9 Å². The summed E-state index contributed by atoms with van der Waals surface area (Å²) >= 11 is 5.18. The zero-order chi connectivity index (χ0) is 15.8. The van der Waals surface area contributed by atoms with Crippen molar-refractivity contribution in [2.24, 2.45) is 5.10 Å². The fourth-order valence-corrected chi connectivity index (χ4v) is 1.92. The van der Waals surface area contributed by atoms with E-state index in [1.54, 1.807) is 20.4 Å². The fraction of sp³-hybridized carbons (Fsp3) is 0.125. The maximum absolute atomic E-state index is 5.18. The Morgan fingerprint density at radius 2 is 1.73 bits per heavy atom. The van der Waals surface area contributed by atoms with E-state index in [9.17, 15) is 0 Å². The molecule has 0 fully saturated rings. The summed E-state index contributed by atoms with van der Waals surface area (Å²) in [6, 6.07) is 15.1. The molecule has 0 bridgehead atoms. The summed E-state index contributed by atoms with van der Waals surface area (Å²) < 4.78 is 10.3. The van der Waals surface area contributed by atoms with Gasteiger partial charge in [0.15, 0.2) is 5.11 Å². The minimum absolute atomic E-state index is 0.396. The third-order valence-corrected chi connectivity index (χ3v) is 2.99. The van der Waals surface area contributed by atoms with Gasteiger partial charge in [0, 0.05) is 11.8 Å². The predicted molar refractivity (Wildman–Crippen MR) is 92.9 cm³/mol. The van der Waals surface area contributed by atoms with Crippen LogP contribution < -0.4 is 20.2 Å². The van der Waals surface area contributed by atoms with Crippen molar-refractivity contribution in [2.45, 2.75) is 0 Å². The van der Waals surface area contributed by atoms with Crippen molar-refractivity contribution >= 4 is 29.2 Å². The van der Waals surface area contributed by atoms with E-state index in [0.29, 0.717) is 5.11 Å². The molecular formula is C16H17N3O2S. The molecule has 0 saturated carbocycles. The molecule has 0 atom stereocenters. The zero-order valence-corrected chi connectivity index (χ0v) is 13.2. The number of ether oxygens (including phenoxy) is 2. The van der Waals surface area contributed by atoms with Crippen LogP contribution in [0.25, 0.3) is 0 Å². The van der Waals surface area contributed by atoms with Crippen LogP contribution in [0.3, 0.4) is 0 Å². The number of nitrogens with zero attached hydrogens (tertiary/aromatic N) is 1. The van der Waals surface area contributed by atoms with E-state index in [-0.39, 0.29) is 0 Å². The summed E-state index contributed by atoms with van der Waals surface area (Å²) in [5.74, 6) is 1.54. The molecule has 114 valence electrons. The molecule has 0 amide bonds. The fourth-order valence-electron chi connectivity index (χ4n) is 1.75. The average molecular weight is 315 g/mol. The molecule has 0 aliphatic heterocycles. The van der Waals surface area contributed by atoms with Gasteiger partial charge in [-0.3, -0.25) is 5.43 Å². The molecule has 22 heavy (non-hydrogen) atoms. The van der Waals surface area contributed by atoms with Gasteiger partial charge in [0.25, 0.3) is 0 Å². The van der Waals surface area contributed by atoms with Crippen molar-refractivity contribution in [1.82, 2.24) is 5.43 Å². The second-order valence-electron chi connectivity index (χ2n) is 4.33. The Labute approximate surface area is 134 Å². The third-order valence-electron chi connectivity index (χ3n) is 2.80. The Balaban J connectivity index is 1.90. The minimum Gasteiger partial charge on any atom is -0.497 e. The highest BCUT2D eigenvalue weighted by molar-refractivity contribution is 7.80. The first-order valence-corrected chi connectivity index (χ1v) is 7.00. The van der Waals surface area contributed by atoms with E-state index in [1.807, 2.05) is 48.5 Å². The molecule has 0 aromatic heterocycles. The quantitative estimate of drug-likeness (QED) is 0.505. The first-order chi connectivity index (χ1) is 10.7. The van der Waals surface area contributed by atoms with Crippen LogP contribution in [-0.2, 0) is 0 Å². The summed E-state index contributed by atoms with van der Waals surface area (Å²) in [4.78, 5) is 0. The predicted octanol–water partition coefficient (Wildman–Crippen LogP) is 3.02. The summed E-state index contributed by atoms with van der Waals surface area (Å²) in [5.41, 5.74) is 4.50. The number of benzene rings is 2. The molecule has 2 aromatic carbocycles. The summed E-state index contributed by atoms with van der Waals surface area (Å²) in [6.45, 7) is 0. The SMILES string of the molecule is COc1cccc(/C=N\NC(=S)Nc2cccc(OC)c2)c1. The molecule has 0 radical (unpaired) electrons. The van der Waals surface area contributed by atoms with E-state index in [4.69, 9.17) is 21.7 Å². The highest BCUT2D eigenvalue weighted by Crippen LogP contribution is 2.16. The van der Waals surface area contributed by atoms with E-state index < -0.39 is 0 Å². The van der Waals surface area contributed by atoms with Gasteiger partial charge in [-0.1, -0.05) is 18.2 Å². The second kappa shape index (κ2) is 7.99. The minimum atomic E-state index is 0.396. The molecular weight excluding hydrogens is 298 g/mol. The van der Waals surface area contributed by atoms with Crippen molar-refractivity contribution in [2.75, 3.05) is 19.5 Å². The van der Waals surface area contributed by atoms with Crippen LogP contribution in [0.4, 0.5) is 5.69 Å². The standard InChI is InChI=1S/C16H17N3O2S/c1-20-14-7-3-5-12(9-14)11-17-19-16(22)18-13-6-4-8-15(10-13)21-2/h3-11H,1-2H3,(H2,18,19,22)/b17-11-. The van der Waals surface area contributed by atoms with Crippen LogP contribution in [0.1, 0.15) is 5.56 Å². The molecule has 0 aliphatic rings. The second-order valence-corrected chi connectivity index (χ2v) is 4.74. The third kappa shape index (κ3) is 4.75. The number of nitrogens with one attached hydrogen (secondary N) is 2. The Kier molecular flexibility index (Phi) is 5.73. The monoisotopic (exact) mass is 315 g/mol. The number of hydrazone groups is 1. The van der Waals surface area contributed by atoms with Gasteiger partial charge >= 0.3 is 0 Å². The molecule has 2 rings (SSSR count). The van der Waals surface area contributed by atoms with Crippen LogP contribution in [0, 0.1) is 0 Å². The lowest BCUT2D eigenvalue weighted by Crippen LogP contribution is -2.23. The maximum atomic E-state index is 5.18. The van der Waals surface area contributed by atoms with Crippen LogP contribution in [0.2, 0.25) is 0 Å². The Morgan fingerprint density at radius 1 is 1.05 bits per heavy atom. The lowest BCUT2D eigenvalue weighted by molar-refractivity contribution is 0.414. The highest BCUT2D eigenvalue weighted by Gasteiger charge is 1.98. The van der Waals surface area contributed by atoms with Crippen LogP contribution in [0.15, 0.2) is 53.6 Å². The van der Waals surface area contributed by atoms with Gasteiger partial charge in [-0.25, -0.2) is 0 Å². The summed E-state index contributed by atoms with van der Waals surface area (Å²) in [6.07, 6.45) is 1.67. The zero-order valence-electron chi connectivity index (χ0n) is 12.4. The number of thiocarbonyl (C=S) groups is 1.